The summed E-state index contributed by atoms with van der Waals surface area (Å²) in [6.07, 6.45) is 1.48. The van der Waals surface area contributed by atoms with Crippen LogP contribution in [0.1, 0.15) is 15.9 Å². The van der Waals surface area contributed by atoms with Crippen LogP contribution in [-0.4, -0.2) is 17.7 Å². The fraction of sp³-hybridized carbons (Fsp3) is 0.182. The summed E-state index contributed by atoms with van der Waals surface area (Å²) in [5.74, 6) is -0.601. The predicted molar refractivity (Wildman–Crippen MR) is 53.3 cm³/mol. The van der Waals surface area contributed by atoms with Gasteiger partial charge in [0, 0.05) is 0 Å². The van der Waals surface area contributed by atoms with Gasteiger partial charge in [-0.15, -0.1) is 0 Å². The molecule has 0 aliphatic carbocycles. The van der Waals surface area contributed by atoms with E-state index in [2.05, 4.69) is 6.58 Å². The average Bonchev–Trinajstić information content (AvgIpc) is 2.18. The van der Waals surface area contributed by atoms with Gasteiger partial charge in [0.15, 0.2) is 0 Å². The predicted octanol–water partition coefficient (Wildman–Crippen LogP) is 2.04. The topological polar surface area (TPSA) is 46.5 Å². The summed E-state index contributed by atoms with van der Waals surface area (Å²) >= 11 is 0. The third-order valence-electron chi connectivity index (χ3n) is 1.70. The molecule has 0 spiro atoms. The second kappa shape index (κ2) is 4.46. The van der Waals surface area contributed by atoms with Crippen LogP contribution in [-0.2, 0) is 4.74 Å². The number of hydrogen-bond acceptors (Lipinski definition) is 3. The van der Waals surface area contributed by atoms with Crippen LogP contribution >= 0.6 is 0 Å². The lowest BCUT2D eigenvalue weighted by molar-refractivity contribution is 0.0546. The smallest absolute Gasteiger partial charge is 0.342 e. The summed E-state index contributed by atoms with van der Waals surface area (Å²) in [6.45, 7) is 5.41. The Morgan fingerprint density at radius 2 is 2.36 bits per heavy atom. The van der Waals surface area contributed by atoms with E-state index in [0.717, 1.165) is 5.56 Å². The van der Waals surface area contributed by atoms with Crippen molar-refractivity contribution in [2.75, 3.05) is 6.61 Å². The Bertz CT molecular complexity index is 356. The highest BCUT2D eigenvalue weighted by Gasteiger charge is 2.11. The molecule has 14 heavy (non-hydrogen) atoms. The number of hydrogen-bond donors (Lipinski definition) is 1. The van der Waals surface area contributed by atoms with Gasteiger partial charge in [0.25, 0.3) is 0 Å². The van der Waals surface area contributed by atoms with Gasteiger partial charge in [-0.05, 0) is 19.1 Å². The number of rotatable bonds is 3. The Labute approximate surface area is 82.6 Å². The molecule has 0 bridgehead atoms. The molecule has 0 radical (unpaired) electrons. The minimum absolute atomic E-state index is 0.0651. The van der Waals surface area contributed by atoms with Crippen LogP contribution in [0.15, 0.2) is 30.9 Å². The van der Waals surface area contributed by atoms with Crippen molar-refractivity contribution in [2.24, 2.45) is 0 Å². The molecular weight excluding hydrogens is 180 g/mol. The maximum Gasteiger partial charge on any atom is 0.342 e. The second-order valence-electron chi connectivity index (χ2n) is 2.91. The molecule has 0 atom stereocenters. The van der Waals surface area contributed by atoms with Crippen LogP contribution in [0.25, 0.3) is 0 Å². The number of phenolic OH excluding ortho intramolecular Hbond substituents is 1. The number of aromatic hydroxyl groups is 1. The largest absolute Gasteiger partial charge is 0.507 e. The van der Waals surface area contributed by atoms with Crippen molar-refractivity contribution in [1.82, 2.24) is 0 Å². The Kier molecular flexibility index (Phi) is 3.29. The zero-order valence-corrected chi connectivity index (χ0v) is 7.99. The standard InChI is InChI=1S/C11H12O3/c1-3-6-14-11(13)9-7-8(2)4-5-10(9)12/h3-5,7,12H,1,6H2,2H3. The van der Waals surface area contributed by atoms with Gasteiger partial charge >= 0.3 is 5.97 Å². The molecule has 3 heteroatoms. The number of esters is 1. The van der Waals surface area contributed by atoms with E-state index >= 15 is 0 Å². The molecule has 0 aliphatic heterocycles. The van der Waals surface area contributed by atoms with Gasteiger partial charge in [-0.2, -0.15) is 0 Å². The second-order valence-corrected chi connectivity index (χ2v) is 2.91. The van der Waals surface area contributed by atoms with Gasteiger partial charge < -0.3 is 9.84 Å². The SMILES string of the molecule is C=CCOC(=O)c1cc(C)ccc1O. The van der Waals surface area contributed by atoms with Gasteiger partial charge in [-0.3, -0.25) is 0 Å². The molecule has 1 aromatic carbocycles. The molecule has 74 valence electrons. The Morgan fingerprint density at radius 3 is 3.00 bits per heavy atom. The first-order valence-electron chi connectivity index (χ1n) is 4.23. The fourth-order valence-electron chi connectivity index (χ4n) is 1.03. The molecule has 0 aliphatic rings. The third-order valence-corrected chi connectivity index (χ3v) is 1.70. The van der Waals surface area contributed by atoms with Crippen molar-refractivity contribution in [2.45, 2.75) is 6.92 Å². The number of carbonyl (C=O) groups excluding carboxylic acids is 1. The van der Waals surface area contributed by atoms with Gasteiger partial charge in [0.05, 0.1) is 0 Å². The quantitative estimate of drug-likeness (QED) is 0.588. The summed E-state index contributed by atoms with van der Waals surface area (Å²) in [5, 5.41) is 9.38. The normalized spacial score (nSPS) is 9.50. The number of ether oxygens (including phenoxy) is 1. The molecule has 0 heterocycles. The van der Waals surface area contributed by atoms with E-state index in [0.29, 0.717) is 0 Å². The van der Waals surface area contributed by atoms with Crippen LogP contribution in [0.2, 0.25) is 0 Å². The molecule has 3 nitrogen and oxygen atoms in total. The summed E-state index contributed by atoms with van der Waals surface area (Å²) in [6, 6.07) is 4.78. The van der Waals surface area contributed by atoms with E-state index in [1.54, 1.807) is 12.1 Å². The van der Waals surface area contributed by atoms with Crippen molar-refractivity contribution in [1.29, 1.82) is 0 Å². The van der Waals surface area contributed by atoms with Crippen molar-refractivity contribution in [3.05, 3.63) is 42.0 Å². The highest BCUT2D eigenvalue weighted by atomic mass is 16.5. The van der Waals surface area contributed by atoms with Crippen molar-refractivity contribution in [3.8, 4) is 5.75 Å². The fourth-order valence-corrected chi connectivity index (χ4v) is 1.03. The van der Waals surface area contributed by atoms with E-state index in [4.69, 9.17) is 4.74 Å². The Balaban J connectivity index is 2.88. The van der Waals surface area contributed by atoms with Crippen molar-refractivity contribution in [3.63, 3.8) is 0 Å². The third kappa shape index (κ3) is 2.36. The van der Waals surface area contributed by atoms with E-state index in [1.807, 2.05) is 6.92 Å². The zero-order valence-electron chi connectivity index (χ0n) is 7.99. The average molecular weight is 192 g/mol. The first kappa shape index (κ1) is 10.3. The molecular formula is C11H12O3. The maximum atomic E-state index is 11.3. The van der Waals surface area contributed by atoms with Gasteiger partial charge in [0.2, 0.25) is 0 Å². The summed E-state index contributed by atoms with van der Waals surface area (Å²) in [7, 11) is 0. The van der Waals surface area contributed by atoms with Gasteiger partial charge in [-0.1, -0.05) is 24.3 Å². The van der Waals surface area contributed by atoms with Crippen LogP contribution in [0.3, 0.4) is 0 Å². The molecule has 0 saturated heterocycles. The lowest BCUT2D eigenvalue weighted by atomic mass is 10.1. The van der Waals surface area contributed by atoms with Crippen LogP contribution < -0.4 is 0 Å². The van der Waals surface area contributed by atoms with Gasteiger partial charge in [-0.25, -0.2) is 4.79 Å². The van der Waals surface area contributed by atoms with E-state index in [9.17, 15) is 9.90 Å². The minimum atomic E-state index is -0.536. The Morgan fingerprint density at radius 1 is 1.64 bits per heavy atom. The van der Waals surface area contributed by atoms with Crippen molar-refractivity contribution >= 4 is 5.97 Å². The highest BCUT2D eigenvalue weighted by molar-refractivity contribution is 5.92. The molecule has 1 aromatic rings. The number of carbonyl (C=O) groups is 1. The summed E-state index contributed by atoms with van der Waals surface area (Å²) in [4.78, 5) is 11.3. The van der Waals surface area contributed by atoms with Crippen LogP contribution in [0.5, 0.6) is 5.75 Å². The zero-order chi connectivity index (χ0) is 10.6. The van der Waals surface area contributed by atoms with Crippen LogP contribution in [0, 0.1) is 6.92 Å². The summed E-state index contributed by atoms with van der Waals surface area (Å²) < 4.78 is 4.80. The molecule has 0 saturated carbocycles. The number of phenols is 1. The highest BCUT2D eigenvalue weighted by Crippen LogP contribution is 2.18. The Hall–Kier alpha value is -1.77. The van der Waals surface area contributed by atoms with E-state index in [-0.39, 0.29) is 17.9 Å². The van der Waals surface area contributed by atoms with Gasteiger partial charge in [0.1, 0.15) is 17.9 Å². The molecule has 1 N–H and O–H groups in total. The molecule has 0 fully saturated rings. The first-order valence-corrected chi connectivity index (χ1v) is 4.23. The monoisotopic (exact) mass is 192 g/mol. The number of aryl methyl sites for hydroxylation is 1. The molecule has 1 rings (SSSR count). The molecule has 0 unspecified atom stereocenters. The maximum absolute atomic E-state index is 11.3. The first-order chi connectivity index (χ1) is 6.65. The molecule has 0 aromatic heterocycles. The van der Waals surface area contributed by atoms with Crippen LogP contribution in [0.4, 0.5) is 0 Å². The van der Waals surface area contributed by atoms with Crippen molar-refractivity contribution < 1.29 is 14.6 Å². The number of benzene rings is 1. The van der Waals surface area contributed by atoms with E-state index in [1.165, 1.54) is 12.1 Å². The van der Waals surface area contributed by atoms with E-state index < -0.39 is 5.97 Å². The minimum Gasteiger partial charge on any atom is -0.507 e. The lowest BCUT2D eigenvalue weighted by Gasteiger charge is -2.04. The molecule has 0 amide bonds. The lowest BCUT2D eigenvalue weighted by Crippen LogP contribution is -2.05. The summed E-state index contributed by atoms with van der Waals surface area (Å²) in [5.41, 5.74) is 1.08.